The SMILES string of the molecule is CNc1ncc(C#CSI)cn1. The summed E-state index contributed by atoms with van der Waals surface area (Å²) in [6.45, 7) is 0. The number of halogens is 1. The van der Waals surface area contributed by atoms with E-state index in [1.807, 2.05) is 0 Å². The van der Waals surface area contributed by atoms with Crippen LogP contribution in [-0.4, -0.2) is 17.0 Å². The van der Waals surface area contributed by atoms with Gasteiger partial charge in [0.25, 0.3) is 0 Å². The minimum Gasteiger partial charge on any atom is -0.357 e. The molecule has 0 radical (unpaired) electrons. The number of nitrogens with one attached hydrogen (secondary N) is 1. The summed E-state index contributed by atoms with van der Waals surface area (Å²) in [6.07, 6.45) is 3.39. The molecule has 0 saturated carbocycles. The molecule has 1 N–H and O–H groups in total. The van der Waals surface area contributed by atoms with Crippen LogP contribution in [0.4, 0.5) is 5.95 Å². The van der Waals surface area contributed by atoms with Crippen molar-refractivity contribution in [3.8, 4) is 11.2 Å². The Balaban J connectivity index is 2.78. The predicted octanol–water partition coefficient (Wildman–Crippen LogP) is 1.91. The molecule has 0 aromatic carbocycles. The fourth-order valence-electron chi connectivity index (χ4n) is 0.600. The predicted molar refractivity (Wildman–Crippen MR) is 60.1 cm³/mol. The van der Waals surface area contributed by atoms with Crippen molar-refractivity contribution in [3.05, 3.63) is 18.0 Å². The number of nitrogens with zero attached hydrogens (tertiary/aromatic N) is 2. The molecule has 0 spiro atoms. The van der Waals surface area contributed by atoms with Gasteiger partial charge in [0.05, 0.1) is 5.56 Å². The van der Waals surface area contributed by atoms with Crippen molar-refractivity contribution in [2.24, 2.45) is 0 Å². The van der Waals surface area contributed by atoms with E-state index in [1.54, 1.807) is 19.4 Å². The van der Waals surface area contributed by atoms with E-state index >= 15 is 0 Å². The summed E-state index contributed by atoms with van der Waals surface area (Å²) in [7, 11) is 3.22. The van der Waals surface area contributed by atoms with Gasteiger partial charge in [-0.15, -0.1) is 0 Å². The van der Waals surface area contributed by atoms with E-state index < -0.39 is 0 Å². The maximum atomic E-state index is 4.01. The number of rotatable bonds is 1. The molecule has 0 aliphatic heterocycles. The van der Waals surface area contributed by atoms with Gasteiger partial charge in [0.2, 0.25) is 5.95 Å². The van der Waals surface area contributed by atoms with E-state index in [0.717, 1.165) is 5.56 Å². The van der Waals surface area contributed by atoms with Gasteiger partial charge in [-0.3, -0.25) is 0 Å². The Morgan fingerprint density at radius 3 is 2.67 bits per heavy atom. The molecule has 0 bridgehead atoms. The van der Waals surface area contributed by atoms with Gasteiger partial charge in [0, 0.05) is 40.6 Å². The van der Waals surface area contributed by atoms with Gasteiger partial charge in [0.1, 0.15) is 0 Å². The van der Waals surface area contributed by atoms with Crippen LogP contribution in [0.5, 0.6) is 0 Å². The molecule has 12 heavy (non-hydrogen) atoms. The van der Waals surface area contributed by atoms with Gasteiger partial charge in [-0.2, -0.15) is 0 Å². The third-order valence-corrected chi connectivity index (χ3v) is 1.95. The molecule has 0 unspecified atom stereocenters. The van der Waals surface area contributed by atoms with E-state index in [2.05, 4.69) is 47.7 Å². The second-order valence-electron chi connectivity index (χ2n) is 1.85. The van der Waals surface area contributed by atoms with Gasteiger partial charge in [-0.05, 0) is 14.2 Å². The third-order valence-electron chi connectivity index (χ3n) is 1.11. The highest BCUT2D eigenvalue weighted by atomic mass is 127. The molecule has 0 saturated heterocycles. The standard InChI is InChI=1S/C7H6IN3S/c1-9-7-10-4-6(5-11-7)2-3-12-8/h4-5H,1H3,(H,9,10,11). The first-order chi connectivity index (χ1) is 5.86. The van der Waals surface area contributed by atoms with Crippen molar-refractivity contribution >= 4 is 36.1 Å². The highest BCUT2D eigenvalue weighted by Gasteiger charge is 1.90. The van der Waals surface area contributed by atoms with E-state index in [4.69, 9.17) is 0 Å². The van der Waals surface area contributed by atoms with Crippen LogP contribution in [0.1, 0.15) is 5.56 Å². The van der Waals surface area contributed by atoms with Crippen molar-refractivity contribution < 1.29 is 0 Å². The molecular formula is C7H6IN3S. The summed E-state index contributed by atoms with van der Waals surface area (Å²) in [5.74, 6) is 3.51. The smallest absolute Gasteiger partial charge is 0.222 e. The average molecular weight is 291 g/mol. The van der Waals surface area contributed by atoms with Crippen LogP contribution >= 0.6 is 30.1 Å². The summed E-state index contributed by atoms with van der Waals surface area (Å²) < 4.78 is 0. The zero-order valence-electron chi connectivity index (χ0n) is 6.34. The van der Waals surface area contributed by atoms with Crippen molar-refractivity contribution in [1.82, 2.24) is 9.97 Å². The van der Waals surface area contributed by atoms with E-state index in [9.17, 15) is 0 Å². The molecule has 62 valence electrons. The fourth-order valence-corrected chi connectivity index (χ4v) is 1.09. The lowest BCUT2D eigenvalue weighted by atomic mass is 10.4. The van der Waals surface area contributed by atoms with Crippen molar-refractivity contribution in [1.29, 1.82) is 0 Å². The largest absolute Gasteiger partial charge is 0.357 e. The molecule has 0 fully saturated rings. The van der Waals surface area contributed by atoms with Crippen LogP contribution < -0.4 is 5.32 Å². The molecule has 0 amide bonds. The number of hydrogen-bond donors (Lipinski definition) is 1. The zero-order valence-corrected chi connectivity index (χ0v) is 9.31. The Labute approximate surface area is 87.3 Å². The van der Waals surface area contributed by atoms with Gasteiger partial charge < -0.3 is 5.32 Å². The quantitative estimate of drug-likeness (QED) is 0.633. The lowest BCUT2D eigenvalue weighted by Crippen LogP contribution is -1.95. The molecule has 0 aliphatic rings. The van der Waals surface area contributed by atoms with Crippen LogP contribution in [0.3, 0.4) is 0 Å². The monoisotopic (exact) mass is 291 g/mol. The molecule has 3 nitrogen and oxygen atoms in total. The summed E-state index contributed by atoms with van der Waals surface area (Å²) in [5, 5.41) is 5.69. The van der Waals surface area contributed by atoms with Gasteiger partial charge >= 0.3 is 0 Å². The lowest BCUT2D eigenvalue weighted by Gasteiger charge is -1.94. The molecule has 1 rings (SSSR count). The molecule has 0 atom stereocenters. The summed E-state index contributed by atoms with van der Waals surface area (Å²) in [5.41, 5.74) is 0.832. The number of aromatic nitrogens is 2. The Morgan fingerprint density at radius 1 is 1.50 bits per heavy atom. The van der Waals surface area contributed by atoms with Crippen molar-refractivity contribution in [2.45, 2.75) is 0 Å². The second kappa shape index (κ2) is 5.22. The normalized spacial score (nSPS) is 8.50. The maximum absolute atomic E-state index is 4.01. The average Bonchev–Trinajstić information content (AvgIpc) is 2.15. The highest BCUT2D eigenvalue weighted by molar-refractivity contribution is 14.2. The third kappa shape index (κ3) is 2.87. The Hall–Kier alpha value is -0.480. The first-order valence-corrected chi connectivity index (χ1v) is 6.51. The minimum absolute atomic E-state index is 0.614. The van der Waals surface area contributed by atoms with E-state index in [1.165, 1.54) is 8.93 Å². The Bertz CT molecular complexity index is 301. The lowest BCUT2D eigenvalue weighted by molar-refractivity contribution is 1.14. The number of hydrogen-bond acceptors (Lipinski definition) is 4. The molecule has 1 heterocycles. The molecule has 0 aliphatic carbocycles. The summed E-state index contributed by atoms with van der Waals surface area (Å²) in [4.78, 5) is 8.03. The van der Waals surface area contributed by atoms with Crippen molar-refractivity contribution in [2.75, 3.05) is 12.4 Å². The first-order valence-electron chi connectivity index (χ1n) is 3.15. The Kier molecular flexibility index (Phi) is 4.18. The molecule has 5 heteroatoms. The van der Waals surface area contributed by atoms with Gasteiger partial charge in [-0.25, -0.2) is 9.97 Å². The van der Waals surface area contributed by atoms with Crippen LogP contribution in [0, 0.1) is 11.2 Å². The summed E-state index contributed by atoms with van der Waals surface area (Å²) >= 11 is 2.12. The summed E-state index contributed by atoms with van der Waals surface area (Å²) in [6, 6.07) is 0. The highest BCUT2D eigenvalue weighted by Crippen LogP contribution is 2.07. The van der Waals surface area contributed by atoms with E-state index in [-0.39, 0.29) is 0 Å². The van der Waals surface area contributed by atoms with Crippen LogP contribution in [0.2, 0.25) is 0 Å². The van der Waals surface area contributed by atoms with Gasteiger partial charge in [-0.1, -0.05) is 5.92 Å². The second-order valence-corrected chi connectivity index (χ2v) is 3.53. The first kappa shape index (κ1) is 9.61. The van der Waals surface area contributed by atoms with Crippen molar-refractivity contribution in [3.63, 3.8) is 0 Å². The van der Waals surface area contributed by atoms with Crippen LogP contribution in [-0.2, 0) is 0 Å². The Morgan fingerprint density at radius 2 is 2.17 bits per heavy atom. The minimum atomic E-state index is 0.614. The molecule has 1 aromatic heterocycles. The molecule has 1 aromatic rings. The fraction of sp³-hybridized carbons (Fsp3) is 0.143. The number of anilines is 1. The van der Waals surface area contributed by atoms with Gasteiger partial charge in [0.15, 0.2) is 0 Å². The molecular weight excluding hydrogens is 285 g/mol. The van der Waals surface area contributed by atoms with Crippen LogP contribution in [0.25, 0.3) is 0 Å². The maximum Gasteiger partial charge on any atom is 0.222 e. The van der Waals surface area contributed by atoms with Crippen LogP contribution in [0.15, 0.2) is 12.4 Å². The topological polar surface area (TPSA) is 37.8 Å². The van der Waals surface area contributed by atoms with E-state index in [0.29, 0.717) is 5.95 Å². The zero-order chi connectivity index (χ0) is 8.81.